The van der Waals surface area contributed by atoms with Crippen molar-refractivity contribution in [1.29, 1.82) is 0 Å². The molecule has 0 aromatic rings. The van der Waals surface area contributed by atoms with Crippen molar-refractivity contribution in [2.75, 3.05) is 39.5 Å². The summed E-state index contributed by atoms with van der Waals surface area (Å²) in [5, 5.41) is 10.3. The summed E-state index contributed by atoms with van der Waals surface area (Å²) in [4.78, 5) is 1.46. The minimum Gasteiger partial charge on any atom is -0.385 e. The van der Waals surface area contributed by atoms with Crippen molar-refractivity contribution in [3.63, 3.8) is 0 Å². The van der Waals surface area contributed by atoms with E-state index in [0.29, 0.717) is 12.7 Å². The molecule has 4 bridgehead atoms. The third-order valence-corrected chi connectivity index (χ3v) is 6.35. The van der Waals surface area contributed by atoms with Crippen LogP contribution in [-0.2, 0) is 9.47 Å². The predicted octanol–water partition coefficient (Wildman–Crippen LogP) is 0.104. The molecule has 1 unspecified atom stereocenters. The first-order valence-corrected chi connectivity index (χ1v) is 8.99. The zero-order valence-electron chi connectivity index (χ0n) is 13.0. The molecule has 0 aromatic heterocycles. The summed E-state index contributed by atoms with van der Waals surface area (Å²) in [6.45, 7) is 5.06. The summed E-state index contributed by atoms with van der Waals surface area (Å²) >= 11 is 0. The average molecular weight is 296 g/mol. The Kier molecular flexibility index (Phi) is 4.23. The fraction of sp³-hybridized carbons (Fsp3) is 1.00. The molecule has 4 aliphatic carbocycles. The quantitative estimate of drug-likeness (QED) is 0.756. The molecule has 1 saturated heterocycles. The normalized spacial score (nSPS) is 44.1. The highest BCUT2D eigenvalue weighted by molar-refractivity contribution is 4.99. The summed E-state index contributed by atoms with van der Waals surface area (Å²) in [6.07, 6.45) is 7.20. The van der Waals surface area contributed by atoms with E-state index in [0.717, 1.165) is 56.5 Å². The lowest BCUT2D eigenvalue weighted by molar-refractivity contribution is -0.911. The number of morpholine rings is 1. The topological polar surface area (TPSA) is 43.1 Å². The highest BCUT2D eigenvalue weighted by Crippen LogP contribution is 2.54. The molecule has 0 radical (unpaired) electrons. The lowest BCUT2D eigenvalue weighted by Crippen LogP contribution is -3.15. The molecule has 1 heterocycles. The van der Waals surface area contributed by atoms with Crippen LogP contribution in [0.15, 0.2) is 0 Å². The molecule has 0 aromatic carbocycles. The molecule has 21 heavy (non-hydrogen) atoms. The molecule has 5 rings (SSSR count). The molecule has 2 N–H and O–H groups in total. The largest absolute Gasteiger partial charge is 0.385 e. The first-order valence-electron chi connectivity index (χ1n) is 8.99. The van der Waals surface area contributed by atoms with Crippen molar-refractivity contribution in [2.24, 2.45) is 23.7 Å². The zero-order chi connectivity index (χ0) is 14.2. The van der Waals surface area contributed by atoms with Gasteiger partial charge in [-0.3, -0.25) is 0 Å². The van der Waals surface area contributed by atoms with Crippen LogP contribution in [0.1, 0.15) is 32.1 Å². The molecular weight excluding hydrogens is 266 g/mol. The van der Waals surface area contributed by atoms with Crippen molar-refractivity contribution < 1.29 is 19.5 Å². The second-order valence-corrected chi connectivity index (χ2v) is 7.95. The van der Waals surface area contributed by atoms with Gasteiger partial charge >= 0.3 is 0 Å². The van der Waals surface area contributed by atoms with Crippen molar-refractivity contribution in [1.82, 2.24) is 0 Å². The summed E-state index contributed by atoms with van der Waals surface area (Å²) in [5.41, 5.74) is 0. The van der Waals surface area contributed by atoms with Gasteiger partial charge in [-0.05, 0) is 55.8 Å². The number of nitrogens with one attached hydrogen (secondary N) is 1. The Labute approximate surface area is 127 Å². The van der Waals surface area contributed by atoms with E-state index in [1.54, 1.807) is 0 Å². The number of rotatable bonds is 5. The lowest BCUT2D eigenvalue weighted by Gasteiger charge is -2.54. The molecule has 0 amide bonds. The van der Waals surface area contributed by atoms with Crippen LogP contribution in [0.4, 0.5) is 0 Å². The summed E-state index contributed by atoms with van der Waals surface area (Å²) < 4.78 is 11.6. The van der Waals surface area contributed by atoms with E-state index in [2.05, 4.69) is 0 Å². The van der Waals surface area contributed by atoms with Gasteiger partial charge in [0, 0.05) is 0 Å². The highest BCUT2D eigenvalue weighted by Gasteiger charge is 2.48. The Balaban J connectivity index is 1.25. The Hall–Kier alpha value is -0.160. The van der Waals surface area contributed by atoms with Gasteiger partial charge in [-0.25, -0.2) is 0 Å². The van der Waals surface area contributed by atoms with Crippen LogP contribution >= 0.6 is 0 Å². The van der Waals surface area contributed by atoms with Crippen molar-refractivity contribution in [2.45, 2.75) is 44.3 Å². The van der Waals surface area contributed by atoms with Gasteiger partial charge in [-0.15, -0.1) is 0 Å². The fourth-order valence-electron chi connectivity index (χ4n) is 5.63. The van der Waals surface area contributed by atoms with Gasteiger partial charge in [0.15, 0.2) is 0 Å². The van der Waals surface area contributed by atoms with Gasteiger partial charge in [-0.2, -0.15) is 0 Å². The second kappa shape index (κ2) is 6.15. The Morgan fingerprint density at radius 2 is 1.62 bits per heavy atom. The first kappa shape index (κ1) is 14.4. The molecule has 120 valence electrons. The van der Waals surface area contributed by atoms with Gasteiger partial charge in [0.1, 0.15) is 25.7 Å². The highest BCUT2D eigenvalue weighted by atomic mass is 16.5. The minimum atomic E-state index is -0.310. The van der Waals surface area contributed by atoms with Crippen molar-refractivity contribution >= 4 is 0 Å². The minimum absolute atomic E-state index is 0.310. The second-order valence-electron chi connectivity index (χ2n) is 7.95. The van der Waals surface area contributed by atoms with Gasteiger partial charge in [0.05, 0.1) is 25.9 Å². The van der Waals surface area contributed by atoms with Gasteiger partial charge in [0.2, 0.25) is 0 Å². The number of aliphatic hydroxyl groups excluding tert-OH is 1. The van der Waals surface area contributed by atoms with E-state index < -0.39 is 0 Å². The maximum absolute atomic E-state index is 10.3. The lowest BCUT2D eigenvalue weighted by atomic mass is 9.55. The van der Waals surface area contributed by atoms with Gasteiger partial charge in [0.25, 0.3) is 0 Å². The van der Waals surface area contributed by atoms with Crippen LogP contribution in [0, 0.1) is 23.7 Å². The molecule has 4 saturated carbocycles. The maximum Gasteiger partial charge on any atom is 0.126 e. The fourth-order valence-corrected chi connectivity index (χ4v) is 5.63. The number of quaternary nitrogens is 1. The number of aliphatic hydroxyl groups is 1. The molecule has 0 spiro atoms. The van der Waals surface area contributed by atoms with Gasteiger partial charge < -0.3 is 19.5 Å². The molecular formula is C17H30NO3+. The smallest absolute Gasteiger partial charge is 0.126 e. The molecule has 4 nitrogen and oxygen atoms in total. The van der Waals surface area contributed by atoms with E-state index in [9.17, 15) is 5.11 Å². The predicted molar refractivity (Wildman–Crippen MR) is 79.2 cm³/mol. The number of hydrogen-bond donors (Lipinski definition) is 2. The monoisotopic (exact) mass is 296 g/mol. The SMILES string of the molecule is OC(COC1C2CC3CC(C2)CC1C3)C[NH+]1CCOCC1. The van der Waals surface area contributed by atoms with Crippen LogP contribution in [0.2, 0.25) is 0 Å². The van der Waals surface area contributed by atoms with Crippen molar-refractivity contribution in [3.8, 4) is 0 Å². The van der Waals surface area contributed by atoms with Crippen molar-refractivity contribution in [3.05, 3.63) is 0 Å². The molecule has 1 atom stereocenters. The Morgan fingerprint density at radius 1 is 1.00 bits per heavy atom. The molecule has 4 heteroatoms. The number of hydrogen-bond acceptors (Lipinski definition) is 3. The summed E-state index contributed by atoms with van der Waals surface area (Å²) in [5.74, 6) is 3.58. The summed E-state index contributed by atoms with van der Waals surface area (Å²) in [6, 6.07) is 0. The third kappa shape index (κ3) is 3.14. The maximum atomic E-state index is 10.3. The zero-order valence-corrected chi connectivity index (χ0v) is 13.0. The Morgan fingerprint density at radius 3 is 2.24 bits per heavy atom. The van der Waals surface area contributed by atoms with Crippen LogP contribution in [0.5, 0.6) is 0 Å². The van der Waals surface area contributed by atoms with Crippen LogP contribution in [0.25, 0.3) is 0 Å². The average Bonchev–Trinajstić information content (AvgIpc) is 2.47. The molecule has 1 aliphatic heterocycles. The van der Waals surface area contributed by atoms with E-state index in [-0.39, 0.29) is 6.10 Å². The number of ether oxygens (including phenoxy) is 2. The molecule has 5 fully saturated rings. The van der Waals surface area contributed by atoms with E-state index in [1.165, 1.54) is 37.0 Å². The van der Waals surface area contributed by atoms with E-state index >= 15 is 0 Å². The molecule has 5 aliphatic rings. The van der Waals surface area contributed by atoms with E-state index in [1.807, 2.05) is 0 Å². The van der Waals surface area contributed by atoms with Crippen LogP contribution in [0.3, 0.4) is 0 Å². The van der Waals surface area contributed by atoms with Crippen LogP contribution in [-0.4, -0.2) is 56.8 Å². The standard InChI is InChI=1S/C17H29NO3/c19-16(10-18-1-3-20-4-2-18)11-21-17-14-6-12-5-13(8-14)9-15(17)7-12/h12-17,19H,1-11H2/p+1. The van der Waals surface area contributed by atoms with Crippen LogP contribution < -0.4 is 4.90 Å². The first-order chi connectivity index (χ1) is 10.3. The summed E-state index contributed by atoms with van der Waals surface area (Å²) in [7, 11) is 0. The van der Waals surface area contributed by atoms with E-state index in [4.69, 9.17) is 9.47 Å². The van der Waals surface area contributed by atoms with Gasteiger partial charge in [-0.1, -0.05) is 0 Å². The third-order valence-electron chi connectivity index (χ3n) is 6.35. The Bertz CT molecular complexity index is 328.